The first-order chi connectivity index (χ1) is 12.9. The maximum absolute atomic E-state index is 12.2. The summed E-state index contributed by atoms with van der Waals surface area (Å²) in [5, 5.41) is 0. The van der Waals surface area contributed by atoms with Crippen LogP contribution >= 0.6 is 0 Å². The molecule has 8 heteroatoms. The van der Waals surface area contributed by atoms with Crippen LogP contribution in [-0.2, 0) is 32.7 Å². The molecule has 1 saturated heterocycles. The van der Waals surface area contributed by atoms with Crippen molar-refractivity contribution >= 4 is 15.9 Å². The van der Waals surface area contributed by atoms with Crippen molar-refractivity contribution in [2.45, 2.75) is 19.2 Å². The number of carbonyl (C=O) groups excluding carboxylic acids is 1. The second-order valence-corrected chi connectivity index (χ2v) is 8.54. The lowest BCUT2D eigenvalue weighted by Gasteiger charge is -2.44. The van der Waals surface area contributed by atoms with Crippen LogP contribution in [0.3, 0.4) is 0 Å². The van der Waals surface area contributed by atoms with E-state index in [0.717, 1.165) is 11.1 Å². The third-order valence-corrected chi connectivity index (χ3v) is 5.73. The number of ether oxygens (including phenoxy) is 1. The van der Waals surface area contributed by atoms with Gasteiger partial charge in [0, 0.05) is 32.0 Å². The van der Waals surface area contributed by atoms with Gasteiger partial charge in [0.05, 0.1) is 18.9 Å². The summed E-state index contributed by atoms with van der Waals surface area (Å²) >= 11 is 0. The average Bonchev–Trinajstić information content (AvgIpc) is 2.61. The molecule has 0 bridgehead atoms. The molecule has 0 atom stereocenters. The molecule has 27 heavy (non-hydrogen) atoms. The molecule has 2 aromatic rings. The zero-order valence-electron chi connectivity index (χ0n) is 15.2. The second kappa shape index (κ2) is 8.60. The molecule has 3 rings (SSSR count). The first-order valence-corrected chi connectivity index (χ1v) is 10.5. The van der Waals surface area contributed by atoms with E-state index < -0.39 is 10.0 Å². The van der Waals surface area contributed by atoms with Crippen LogP contribution in [-0.4, -0.2) is 60.5 Å². The number of aromatic nitrogens is 1. The van der Waals surface area contributed by atoms with Gasteiger partial charge in [0.2, 0.25) is 15.9 Å². The van der Waals surface area contributed by atoms with E-state index in [9.17, 15) is 13.2 Å². The molecule has 2 heterocycles. The molecular weight excluding hydrogens is 366 g/mol. The van der Waals surface area contributed by atoms with Gasteiger partial charge in [-0.1, -0.05) is 36.4 Å². The van der Waals surface area contributed by atoms with Gasteiger partial charge < -0.3 is 9.64 Å². The van der Waals surface area contributed by atoms with Crippen LogP contribution in [0.1, 0.15) is 11.1 Å². The molecule has 0 radical (unpaired) electrons. The van der Waals surface area contributed by atoms with Gasteiger partial charge in [-0.25, -0.2) is 8.42 Å². The summed E-state index contributed by atoms with van der Waals surface area (Å²) in [6.07, 6.45) is 4.49. The summed E-state index contributed by atoms with van der Waals surface area (Å²) in [5.41, 5.74) is 1.82. The average molecular weight is 389 g/mol. The lowest BCUT2D eigenvalue weighted by molar-refractivity contribution is -0.142. The van der Waals surface area contributed by atoms with Crippen molar-refractivity contribution < 1.29 is 17.9 Å². The molecular formula is C19H23N3O4S. The molecule has 0 aliphatic carbocycles. The summed E-state index contributed by atoms with van der Waals surface area (Å²) in [6, 6.07) is 13.0. The normalized spacial score (nSPS) is 15.0. The van der Waals surface area contributed by atoms with Crippen LogP contribution in [0, 0.1) is 0 Å². The predicted molar refractivity (Wildman–Crippen MR) is 101 cm³/mol. The Kier molecular flexibility index (Phi) is 6.20. The van der Waals surface area contributed by atoms with E-state index >= 15 is 0 Å². The molecule has 0 N–H and O–H groups in total. The Balaban J connectivity index is 1.49. The number of pyridine rings is 1. The Hall–Kier alpha value is -2.29. The molecule has 1 aromatic heterocycles. The zero-order chi connectivity index (χ0) is 19.3. The van der Waals surface area contributed by atoms with Gasteiger partial charge in [-0.3, -0.25) is 9.78 Å². The Bertz CT molecular complexity index is 853. The molecule has 1 amide bonds. The lowest BCUT2D eigenvalue weighted by atomic mass is 10.1. The minimum Gasteiger partial charge on any atom is -0.367 e. The van der Waals surface area contributed by atoms with Gasteiger partial charge >= 0.3 is 0 Å². The van der Waals surface area contributed by atoms with E-state index in [1.807, 2.05) is 36.4 Å². The topological polar surface area (TPSA) is 79.8 Å². The van der Waals surface area contributed by atoms with Gasteiger partial charge in [0.25, 0.3) is 0 Å². The van der Waals surface area contributed by atoms with E-state index in [-0.39, 0.29) is 25.1 Å². The Morgan fingerprint density at radius 2 is 1.89 bits per heavy atom. The van der Waals surface area contributed by atoms with Gasteiger partial charge in [-0.2, -0.15) is 4.31 Å². The number of rotatable bonds is 8. The number of amides is 1. The SMILES string of the molecule is CS(=O)(=O)N(Cc1cccnc1)C1CN(C(=O)COCc2ccccc2)C1. The monoisotopic (exact) mass is 389 g/mol. The van der Waals surface area contributed by atoms with Crippen LogP contribution in [0.25, 0.3) is 0 Å². The first kappa shape index (κ1) is 19.5. The Morgan fingerprint density at radius 3 is 2.52 bits per heavy atom. The van der Waals surface area contributed by atoms with Crippen LogP contribution in [0.2, 0.25) is 0 Å². The van der Waals surface area contributed by atoms with E-state index in [1.165, 1.54) is 10.6 Å². The molecule has 0 spiro atoms. The maximum Gasteiger partial charge on any atom is 0.248 e. The molecule has 0 unspecified atom stereocenters. The number of hydrogen-bond donors (Lipinski definition) is 0. The van der Waals surface area contributed by atoms with Crippen molar-refractivity contribution in [3.8, 4) is 0 Å². The molecule has 7 nitrogen and oxygen atoms in total. The number of nitrogens with zero attached hydrogens (tertiary/aromatic N) is 3. The number of hydrogen-bond acceptors (Lipinski definition) is 5. The van der Waals surface area contributed by atoms with Gasteiger partial charge in [0.15, 0.2) is 0 Å². The highest BCUT2D eigenvalue weighted by Gasteiger charge is 2.38. The fourth-order valence-corrected chi connectivity index (χ4v) is 4.01. The fraction of sp³-hybridized carbons (Fsp3) is 0.368. The lowest BCUT2D eigenvalue weighted by Crippen LogP contribution is -2.62. The number of benzene rings is 1. The molecule has 1 aromatic carbocycles. The Morgan fingerprint density at radius 1 is 1.19 bits per heavy atom. The molecule has 144 valence electrons. The van der Waals surface area contributed by atoms with Crippen molar-refractivity contribution in [2.75, 3.05) is 26.0 Å². The van der Waals surface area contributed by atoms with Crippen molar-refractivity contribution in [2.24, 2.45) is 0 Å². The zero-order valence-corrected chi connectivity index (χ0v) is 16.0. The number of carbonyl (C=O) groups is 1. The standard InChI is InChI=1S/C19H23N3O4S/c1-27(24,25)22(11-17-8-5-9-20-10-17)18-12-21(13-18)19(23)15-26-14-16-6-3-2-4-7-16/h2-10,18H,11-15H2,1H3. The summed E-state index contributed by atoms with van der Waals surface area (Å²) in [7, 11) is -3.39. The number of sulfonamides is 1. The van der Waals surface area contributed by atoms with Gasteiger partial charge in [-0.05, 0) is 17.2 Å². The quantitative estimate of drug-likeness (QED) is 0.679. The number of likely N-dealkylation sites (tertiary alicyclic amines) is 1. The van der Waals surface area contributed by atoms with E-state index in [2.05, 4.69) is 4.98 Å². The van der Waals surface area contributed by atoms with E-state index in [0.29, 0.717) is 19.7 Å². The summed E-state index contributed by atoms with van der Waals surface area (Å²) in [6.45, 7) is 1.37. The van der Waals surface area contributed by atoms with Crippen molar-refractivity contribution in [3.63, 3.8) is 0 Å². The van der Waals surface area contributed by atoms with Crippen molar-refractivity contribution in [1.29, 1.82) is 0 Å². The largest absolute Gasteiger partial charge is 0.367 e. The summed E-state index contributed by atoms with van der Waals surface area (Å²) in [5.74, 6) is -0.128. The van der Waals surface area contributed by atoms with E-state index in [1.54, 1.807) is 23.4 Å². The van der Waals surface area contributed by atoms with Gasteiger partial charge in [-0.15, -0.1) is 0 Å². The second-order valence-electron chi connectivity index (χ2n) is 6.60. The Labute approximate surface area is 159 Å². The summed E-state index contributed by atoms with van der Waals surface area (Å²) < 4.78 is 31.2. The minimum atomic E-state index is -3.39. The van der Waals surface area contributed by atoms with E-state index in [4.69, 9.17) is 4.74 Å². The van der Waals surface area contributed by atoms with Crippen LogP contribution < -0.4 is 0 Å². The maximum atomic E-state index is 12.2. The third-order valence-electron chi connectivity index (χ3n) is 4.45. The summed E-state index contributed by atoms with van der Waals surface area (Å²) in [4.78, 5) is 17.9. The van der Waals surface area contributed by atoms with Crippen LogP contribution in [0.4, 0.5) is 0 Å². The fourth-order valence-electron chi connectivity index (χ4n) is 2.95. The highest BCUT2D eigenvalue weighted by molar-refractivity contribution is 7.88. The van der Waals surface area contributed by atoms with Crippen molar-refractivity contribution in [3.05, 3.63) is 66.0 Å². The smallest absolute Gasteiger partial charge is 0.248 e. The van der Waals surface area contributed by atoms with Crippen molar-refractivity contribution in [1.82, 2.24) is 14.2 Å². The van der Waals surface area contributed by atoms with Crippen LogP contribution in [0.15, 0.2) is 54.9 Å². The van der Waals surface area contributed by atoms with Gasteiger partial charge in [0.1, 0.15) is 6.61 Å². The van der Waals surface area contributed by atoms with Crippen LogP contribution in [0.5, 0.6) is 0 Å². The first-order valence-electron chi connectivity index (χ1n) is 8.68. The molecule has 1 aliphatic heterocycles. The molecule has 1 aliphatic rings. The molecule has 0 saturated carbocycles. The molecule has 1 fully saturated rings. The highest BCUT2D eigenvalue weighted by Crippen LogP contribution is 2.20. The third kappa shape index (κ3) is 5.35. The highest BCUT2D eigenvalue weighted by atomic mass is 32.2. The minimum absolute atomic E-state index is 0.0108. The predicted octanol–water partition coefficient (Wildman–Crippen LogP) is 1.27.